The van der Waals surface area contributed by atoms with E-state index in [9.17, 15) is 4.79 Å². The van der Waals surface area contributed by atoms with Crippen molar-refractivity contribution in [2.45, 2.75) is 43.7 Å². The first kappa shape index (κ1) is 26.5. The topological polar surface area (TPSA) is 66.2 Å². The molecule has 3 aromatic carbocycles. The first-order chi connectivity index (χ1) is 20.2. The predicted molar refractivity (Wildman–Crippen MR) is 161 cm³/mol. The highest BCUT2D eigenvalue weighted by Gasteiger charge is 2.41. The van der Waals surface area contributed by atoms with Crippen LogP contribution in [0.15, 0.2) is 109 Å². The number of nitrogens with zero attached hydrogens (tertiary/aromatic N) is 3. The summed E-state index contributed by atoms with van der Waals surface area (Å²) in [5, 5.41) is 6.02. The van der Waals surface area contributed by atoms with Crippen LogP contribution in [-0.2, 0) is 15.1 Å². The number of esters is 1. The highest BCUT2D eigenvalue weighted by molar-refractivity contribution is 5.95. The number of methoxy groups -OCH3 is 1. The van der Waals surface area contributed by atoms with Crippen LogP contribution < -0.4 is 4.74 Å². The zero-order valence-corrected chi connectivity index (χ0v) is 23.1. The largest absolute Gasteiger partial charge is 0.474 e. The van der Waals surface area contributed by atoms with Crippen molar-refractivity contribution in [3.05, 3.63) is 132 Å². The van der Waals surface area contributed by atoms with E-state index in [1.807, 2.05) is 24.3 Å². The smallest absolute Gasteiger partial charge is 0.330 e. The Morgan fingerprint density at radius 2 is 1.39 bits per heavy atom. The minimum absolute atomic E-state index is 0.102. The van der Waals surface area contributed by atoms with Crippen LogP contribution in [0.3, 0.4) is 0 Å². The second-order valence-corrected chi connectivity index (χ2v) is 10.4. The quantitative estimate of drug-likeness (QED) is 0.118. The third kappa shape index (κ3) is 5.02. The summed E-state index contributed by atoms with van der Waals surface area (Å²) in [6, 6.07) is 33.2. The Morgan fingerprint density at radius 3 is 1.93 bits per heavy atom. The van der Waals surface area contributed by atoms with Crippen molar-refractivity contribution in [3.8, 4) is 5.88 Å². The number of ether oxygens (including phenoxy) is 2. The molecule has 0 N–H and O–H groups in total. The molecule has 6 heteroatoms. The average molecular weight is 544 g/mol. The molecule has 6 nitrogen and oxygen atoms in total. The summed E-state index contributed by atoms with van der Waals surface area (Å²) in [6.07, 6.45) is 10.5. The first-order valence-corrected chi connectivity index (χ1v) is 14.2. The van der Waals surface area contributed by atoms with Crippen LogP contribution in [0.25, 0.3) is 17.0 Å². The van der Waals surface area contributed by atoms with Gasteiger partial charge in [0.15, 0.2) is 0 Å². The molecule has 0 atom stereocenters. The molecule has 5 aromatic rings. The molecular formula is C35H33N3O3. The molecule has 0 aliphatic heterocycles. The average Bonchev–Trinajstić information content (AvgIpc) is 3.42. The summed E-state index contributed by atoms with van der Waals surface area (Å²) >= 11 is 0. The van der Waals surface area contributed by atoms with Crippen LogP contribution in [0.4, 0.5) is 0 Å². The van der Waals surface area contributed by atoms with Gasteiger partial charge in [0.05, 0.1) is 23.7 Å². The minimum atomic E-state index is -0.831. The van der Waals surface area contributed by atoms with Crippen molar-refractivity contribution in [2.75, 3.05) is 7.11 Å². The van der Waals surface area contributed by atoms with Gasteiger partial charge in [0, 0.05) is 12.3 Å². The summed E-state index contributed by atoms with van der Waals surface area (Å²) in [5.41, 5.74) is 3.77. The number of pyridine rings is 1. The zero-order chi connectivity index (χ0) is 28.1. The molecule has 206 valence electrons. The Kier molecular flexibility index (Phi) is 7.63. The Hall–Kier alpha value is -4.71. The molecule has 6 rings (SSSR count). The molecule has 0 unspecified atom stereocenters. The van der Waals surface area contributed by atoms with Crippen LogP contribution in [-0.4, -0.2) is 33.9 Å². The summed E-state index contributed by atoms with van der Waals surface area (Å²) in [5.74, 6) is 0.0834. The SMILES string of the molecule is COC(=O)C=Cc1nn(C(c2ccccc2)(c2ccccc2)c2ccccc2)c2ccnc(OC3CCCCC3)c12. The number of aromatic nitrogens is 3. The molecule has 0 spiro atoms. The number of hydrogen-bond donors (Lipinski definition) is 0. The van der Waals surface area contributed by atoms with Crippen LogP contribution in [0.5, 0.6) is 5.88 Å². The molecule has 1 fully saturated rings. The minimum Gasteiger partial charge on any atom is -0.474 e. The van der Waals surface area contributed by atoms with Crippen molar-refractivity contribution in [1.29, 1.82) is 0 Å². The lowest BCUT2D eigenvalue weighted by atomic mass is 9.77. The maximum absolute atomic E-state index is 12.2. The summed E-state index contributed by atoms with van der Waals surface area (Å²) in [7, 11) is 1.37. The van der Waals surface area contributed by atoms with E-state index in [-0.39, 0.29) is 6.10 Å². The fourth-order valence-electron chi connectivity index (χ4n) is 5.98. The fourth-order valence-corrected chi connectivity index (χ4v) is 5.98. The van der Waals surface area contributed by atoms with Gasteiger partial charge in [-0.25, -0.2) is 14.5 Å². The van der Waals surface area contributed by atoms with Gasteiger partial charge in [-0.15, -0.1) is 0 Å². The molecule has 1 saturated carbocycles. The number of benzene rings is 3. The first-order valence-electron chi connectivity index (χ1n) is 14.2. The van der Waals surface area contributed by atoms with Crippen molar-refractivity contribution in [2.24, 2.45) is 0 Å². The van der Waals surface area contributed by atoms with Gasteiger partial charge < -0.3 is 9.47 Å². The van der Waals surface area contributed by atoms with E-state index in [1.54, 1.807) is 12.3 Å². The van der Waals surface area contributed by atoms with Gasteiger partial charge in [0.1, 0.15) is 11.6 Å². The van der Waals surface area contributed by atoms with Crippen molar-refractivity contribution in [3.63, 3.8) is 0 Å². The van der Waals surface area contributed by atoms with E-state index in [1.165, 1.54) is 19.6 Å². The van der Waals surface area contributed by atoms with Gasteiger partial charge in [0.25, 0.3) is 0 Å². The third-order valence-electron chi connectivity index (χ3n) is 7.89. The molecule has 0 radical (unpaired) electrons. The van der Waals surface area contributed by atoms with Gasteiger partial charge in [-0.3, -0.25) is 0 Å². The van der Waals surface area contributed by atoms with Crippen LogP contribution >= 0.6 is 0 Å². The molecule has 0 bridgehead atoms. The van der Waals surface area contributed by atoms with E-state index >= 15 is 0 Å². The molecule has 2 aromatic heterocycles. The van der Waals surface area contributed by atoms with E-state index in [2.05, 4.69) is 77.5 Å². The number of hydrogen-bond acceptors (Lipinski definition) is 5. The number of rotatable bonds is 8. The molecule has 0 saturated heterocycles. The Balaban J connectivity index is 1.68. The Bertz CT molecular complexity index is 1540. The summed E-state index contributed by atoms with van der Waals surface area (Å²) in [4.78, 5) is 16.9. The van der Waals surface area contributed by atoms with Gasteiger partial charge in [-0.2, -0.15) is 5.10 Å². The number of fused-ring (bicyclic) bond motifs is 1. The molecular weight excluding hydrogens is 510 g/mol. The molecule has 0 amide bonds. The third-order valence-corrected chi connectivity index (χ3v) is 7.89. The van der Waals surface area contributed by atoms with Crippen LogP contribution in [0.2, 0.25) is 0 Å². The van der Waals surface area contributed by atoms with Crippen molar-refractivity contribution >= 4 is 22.9 Å². The van der Waals surface area contributed by atoms with Gasteiger partial charge in [-0.1, -0.05) is 97.4 Å². The highest BCUT2D eigenvalue weighted by atomic mass is 16.5. The molecule has 41 heavy (non-hydrogen) atoms. The summed E-state index contributed by atoms with van der Waals surface area (Å²) < 4.78 is 13.5. The van der Waals surface area contributed by atoms with Gasteiger partial charge >= 0.3 is 5.97 Å². The van der Waals surface area contributed by atoms with Crippen molar-refractivity contribution < 1.29 is 14.3 Å². The maximum Gasteiger partial charge on any atom is 0.330 e. The molecule has 1 aliphatic rings. The lowest BCUT2D eigenvalue weighted by Crippen LogP contribution is -2.38. The second kappa shape index (κ2) is 11.8. The highest BCUT2D eigenvalue weighted by Crippen LogP contribution is 2.44. The second-order valence-electron chi connectivity index (χ2n) is 10.4. The Labute approximate surface area is 240 Å². The zero-order valence-electron chi connectivity index (χ0n) is 23.1. The lowest BCUT2D eigenvalue weighted by Gasteiger charge is -2.37. The summed E-state index contributed by atoms with van der Waals surface area (Å²) in [6.45, 7) is 0. The van der Waals surface area contributed by atoms with Gasteiger partial charge in [-0.05, 0) is 54.5 Å². The predicted octanol–water partition coefficient (Wildman–Crippen LogP) is 7.17. The molecule has 2 heterocycles. The van der Waals surface area contributed by atoms with E-state index in [0.717, 1.165) is 53.3 Å². The van der Waals surface area contributed by atoms with Crippen LogP contribution in [0.1, 0.15) is 54.5 Å². The standard InChI is InChI=1S/C35H33N3O3/c1-40-32(39)23-22-30-33-31(24-25-36-34(33)41-29-20-12-5-13-21-29)38(37-30)35(26-14-6-2-7-15-26,27-16-8-3-9-17-27)28-18-10-4-11-19-28/h2-4,6-11,14-19,22-25,29H,5,12-13,20-21H2,1H3. The Morgan fingerprint density at radius 1 is 0.829 bits per heavy atom. The molecule has 1 aliphatic carbocycles. The monoisotopic (exact) mass is 543 g/mol. The fraction of sp³-hybridized carbons (Fsp3) is 0.229. The van der Waals surface area contributed by atoms with Crippen LogP contribution in [0, 0.1) is 0 Å². The van der Waals surface area contributed by atoms with Crippen molar-refractivity contribution in [1.82, 2.24) is 14.8 Å². The van der Waals surface area contributed by atoms with E-state index < -0.39 is 11.5 Å². The van der Waals surface area contributed by atoms with E-state index in [0.29, 0.717) is 11.6 Å². The lowest BCUT2D eigenvalue weighted by molar-refractivity contribution is -0.134. The number of carbonyl (C=O) groups excluding carboxylic acids is 1. The normalized spacial score (nSPS) is 14.4. The number of carbonyl (C=O) groups is 1. The maximum atomic E-state index is 12.2. The van der Waals surface area contributed by atoms with Gasteiger partial charge in [0.2, 0.25) is 5.88 Å². The van der Waals surface area contributed by atoms with E-state index in [4.69, 9.17) is 19.6 Å².